The van der Waals surface area contributed by atoms with Crippen LogP contribution < -0.4 is 5.32 Å². The molecule has 1 aliphatic rings. The highest BCUT2D eigenvalue weighted by Gasteiger charge is 2.44. The lowest BCUT2D eigenvalue weighted by Gasteiger charge is -2.24. The number of nitrogens with zero attached hydrogens (tertiary/aromatic N) is 2. The van der Waals surface area contributed by atoms with Crippen LogP contribution in [-0.4, -0.2) is 22.4 Å². The van der Waals surface area contributed by atoms with Crippen LogP contribution in [0.1, 0.15) is 37.9 Å². The van der Waals surface area contributed by atoms with Crippen molar-refractivity contribution in [1.82, 2.24) is 15.1 Å². The molecule has 0 amide bonds. The van der Waals surface area contributed by atoms with Crippen LogP contribution in [0.25, 0.3) is 0 Å². The number of likely N-dealkylation sites (N-methyl/N-ethyl adjacent to an activating group) is 1. The van der Waals surface area contributed by atoms with E-state index in [9.17, 15) is 0 Å². The molecule has 3 nitrogen and oxygen atoms in total. The van der Waals surface area contributed by atoms with Gasteiger partial charge < -0.3 is 5.32 Å². The first kappa shape index (κ1) is 12.9. The van der Waals surface area contributed by atoms with Crippen LogP contribution in [0.5, 0.6) is 0 Å². The topological polar surface area (TPSA) is 29.9 Å². The highest BCUT2D eigenvalue weighted by atomic mass is 35.5. The maximum Gasteiger partial charge on any atom is 0.130 e. The van der Waals surface area contributed by atoms with E-state index in [0.717, 1.165) is 23.8 Å². The van der Waals surface area contributed by atoms with Gasteiger partial charge in [0, 0.05) is 18.7 Å². The molecule has 1 N–H and O–H groups in total. The fraction of sp³-hybridized carbons (Fsp3) is 0.769. The van der Waals surface area contributed by atoms with Gasteiger partial charge in [0.25, 0.3) is 0 Å². The second-order valence-corrected chi connectivity index (χ2v) is 5.80. The number of aryl methyl sites for hydroxylation is 2. The maximum atomic E-state index is 6.30. The summed E-state index contributed by atoms with van der Waals surface area (Å²) in [5, 5.41) is 8.77. The smallest absolute Gasteiger partial charge is 0.130 e. The van der Waals surface area contributed by atoms with Crippen molar-refractivity contribution < 1.29 is 0 Å². The molecule has 1 saturated carbocycles. The van der Waals surface area contributed by atoms with E-state index in [1.165, 1.54) is 18.4 Å². The molecule has 2 rings (SSSR count). The van der Waals surface area contributed by atoms with Gasteiger partial charge in [-0.2, -0.15) is 5.10 Å². The second-order valence-electron chi connectivity index (χ2n) is 5.45. The highest BCUT2D eigenvalue weighted by Crippen LogP contribution is 2.49. The molecule has 0 aliphatic heterocycles. The van der Waals surface area contributed by atoms with Gasteiger partial charge in [-0.3, -0.25) is 4.68 Å². The van der Waals surface area contributed by atoms with Gasteiger partial charge >= 0.3 is 0 Å². The molecule has 0 radical (unpaired) electrons. The highest BCUT2D eigenvalue weighted by molar-refractivity contribution is 6.30. The first-order chi connectivity index (χ1) is 7.98. The van der Waals surface area contributed by atoms with Crippen LogP contribution in [0.4, 0.5) is 0 Å². The molecule has 0 spiro atoms. The van der Waals surface area contributed by atoms with Gasteiger partial charge in [0.2, 0.25) is 0 Å². The number of nitrogens with one attached hydrogen (secondary N) is 1. The molecule has 0 bridgehead atoms. The summed E-state index contributed by atoms with van der Waals surface area (Å²) < 4.78 is 1.77. The lowest BCUT2D eigenvalue weighted by Crippen LogP contribution is -2.38. The molecule has 1 aromatic rings. The number of halogens is 1. The normalized spacial score (nSPS) is 19.4. The number of rotatable bonds is 5. The van der Waals surface area contributed by atoms with Gasteiger partial charge in [-0.05, 0) is 38.1 Å². The predicted octanol–water partition coefficient (Wildman–Crippen LogP) is 2.70. The first-order valence-corrected chi connectivity index (χ1v) is 6.77. The molecule has 1 aliphatic carbocycles. The van der Waals surface area contributed by atoms with Crippen molar-refractivity contribution in [1.29, 1.82) is 0 Å². The third-order valence-corrected chi connectivity index (χ3v) is 4.48. The van der Waals surface area contributed by atoms with E-state index in [-0.39, 0.29) is 0 Å². The number of hydrogen-bond donors (Lipinski definition) is 1. The quantitative estimate of drug-likeness (QED) is 0.877. The van der Waals surface area contributed by atoms with Crippen molar-refractivity contribution in [3.63, 3.8) is 0 Å². The molecule has 1 fully saturated rings. The summed E-state index contributed by atoms with van der Waals surface area (Å²) in [7, 11) is 1.90. The Bertz CT molecular complexity index is 407. The third kappa shape index (κ3) is 2.50. The van der Waals surface area contributed by atoms with Crippen molar-refractivity contribution in [3.05, 3.63) is 16.4 Å². The zero-order valence-corrected chi connectivity index (χ0v) is 11.9. The van der Waals surface area contributed by atoms with Gasteiger partial charge in [0.1, 0.15) is 5.15 Å². The van der Waals surface area contributed by atoms with Crippen molar-refractivity contribution in [2.24, 2.45) is 12.5 Å². The Hall–Kier alpha value is -0.540. The Morgan fingerprint density at radius 1 is 1.53 bits per heavy atom. The molecule has 4 heteroatoms. The van der Waals surface area contributed by atoms with E-state index in [0.29, 0.717) is 11.5 Å². The van der Waals surface area contributed by atoms with Crippen LogP contribution in [0.3, 0.4) is 0 Å². The first-order valence-electron chi connectivity index (χ1n) is 6.39. The summed E-state index contributed by atoms with van der Waals surface area (Å²) in [4.78, 5) is 0. The van der Waals surface area contributed by atoms with Crippen molar-refractivity contribution in [3.8, 4) is 0 Å². The lowest BCUT2D eigenvalue weighted by molar-refractivity contribution is 0.360. The Morgan fingerprint density at radius 2 is 2.18 bits per heavy atom. The van der Waals surface area contributed by atoms with Gasteiger partial charge in [0.15, 0.2) is 0 Å². The lowest BCUT2D eigenvalue weighted by atomic mass is 9.92. The Balaban J connectivity index is 2.17. The standard InChI is InChI=1S/C13H22ClN3/c1-5-15-11(13(3)6-7-13)8-10-9(2)16-17(4)12(10)14/h11,15H,5-8H2,1-4H3. The van der Waals surface area contributed by atoms with Crippen LogP contribution >= 0.6 is 11.6 Å². The summed E-state index contributed by atoms with van der Waals surface area (Å²) in [6, 6.07) is 0.521. The molecule has 1 heterocycles. The minimum absolute atomic E-state index is 0.460. The van der Waals surface area contributed by atoms with E-state index in [1.54, 1.807) is 4.68 Å². The third-order valence-electron chi connectivity index (χ3n) is 4.01. The van der Waals surface area contributed by atoms with Gasteiger partial charge in [-0.25, -0.2) is 0 Å². The molecular formula is C13H22ClN3. The molecule has 0 aromatic carbocycles. The second kappa shape index (κ2) is 4.62. The summed E-state index contributed by atoms with van der Waals surface area (Å²) in [5.41, 5.74) is 2.72. The molecule has 1 aromatic heterocycles. The molecule has 1 unspecified atom stereocenters. The summed E-state index contributed by atoms with van der Waals surface area (Å²) in [5.74, 6) is 0. The zero-order valence-electron chi connectivity index (χ0n) is 11.2. The van der Waals surface area contributed by atoms with Gasteiger partial charge in [-0.15, -0.1) is 0 Å². The van der Waals surface area contributed by atoms with Crippen molar-refractivity contribution >= 4 is 11.6 Å². The molecule has 17 heavy (non-hydrogen) atoms. The Labute approximate surface area is 109 Å². The van der Waals surface area contributed by atoms with E-state index in [2.05, 4.69) is 24.3 Å². The minimum Gasteiger partial charge on any atom is -0.313 e. The molecule has 0 saturated heterocycles. The number of aromatic nitrogens is 2. The van der Waals surface area contributed by atoms with Gasteiger partial charge in [-0.1, -0.05) is 25.4 Å². The van der Waals surface area contributed by atoms with E-state index >= 15 is 0 Å². The number of hydrogen-bond acceptors (Lipinski definition) is 2. The Kier molecular flexibility index (Phi) is 3.50. The molecule has 96 valence electrons. The average Bonchev–Trinajstić information content (AvgIpc) is 2.97. The minimum atomic E-state index is 0.460. The largest absolute Gasteiger partial charge is 0.313 e. The Morgan fingerprint density at radius 3 is 2.59 bits per heavy atom. The summed E-state index contributed by atoms with van der Waals surface area (Å²) in [6.45, 7) is 7.58. The van der Waals surface area contributed by atoms with Crippen molar-refractivity contribution in [2.45, 2.75) is 46.1 Å². The monoisotopic (exact) mass is 255 g/mol. The van der Waals surface area contributed by atoms with E-state index in [1.807, 2.05) is 14.0 Å². The van der Waals surface area contributed by atoms with Crippen LogP contribution in [0, 0.1) is 12.3 Å². The van der Waals surface area contributed by atoms with Crippen molar-refractivity contribution in [2.75, 3.05) is 6.54 Å². The summed E-state index contributed by atoms with van der Waals surface area (Å²) >= 11 is 6.30. The summed E-state index contributed by atoms with van der Waals surface area (Å²) in [6.07, 6.45) is 3.63. The fourth-order valence-electron chi connectivity index (χ4n) is 2.47. The predicted molar refractivity (Wildman–Crippen MR) is 71.5 cm³/mol. The van der Waals surface area contributed by atoms with Crippen LogP contribution in [-0.2, 0) is 13.5 Å². The SMILES string of the molecule is CCNC(Cc1c(C)nn(C)c1Cl)C1(C)CC1. The van der Waals surface area contributed by atoms with Crippen LogP contribution in [0.2, 0.25) is 5.15 Å². The van der Waals surface area contributed by atoms with Crippen LogP contribution in [0.15, 0.2) is 0 Å². The van der Waals surface area contributed by atoms with E-state index in [4.69, 9.17) is 11.6 Å². The molecule has 1 atom stereocenters. The van der Waals surface area contributed by atoms with E-state index < -0.39 is 0 Å². The zero-order chi connectivity index (χ0) is 12.6. The fourth-order valence-corrected chi connectivity index (χ4v) is 2.72. The molecular weight excluding hydrogens is 234 g/mol. The average molecular weight is 256 g/mol. The van der Waals surface area contributed by atoms with Gasteiger partial charge in [0.05, 0.1) is 5.69 Å². The maximum absolute atomic E-state index is 6.30.